The smallest absolute Gasteiger partial charge is 0.261 e. The van der Waals surface area contributed by atoms with Crippen molar-refractivity contribution in [3.63, 3.8) is 0 Å². The van der Waals surface area contributed by atoms with Gasteiger partial charge in [0.2, 0.25) is 5.91 Å². The van der Waals surface area contributed by atoms with Gasteiger partial charge < -0.3 is 10.6 Å². The van der Waals surface area contributed by atoms with Gasteiger partial charge in [-0.1, -0.05) is 0 Å². The summed E-state index contributed by atoms with van der Waals surface area (Å²) in [4.78, 5) is 28.9. The standard InChI is InChI=1S/C19H18FN5O2/c1-10-7-11(2)25-17(22-10)14(9-21-25)19(27)23-13-5-6-15(20)16(8-13)24-18(26)12-3-4-12/h5-9,12H,3-4H2,1-2H3,(H,23,27)(H,24,26). The fourth-order valence-corrected chi connectivity index (χ4v) is 2.91. The first-order chi connectivity index (χ1) is 12.9. The van der Waals surface area contributed by atoms with Gasteiger partial charge >= 0.3 is 0 Å². The van der Waals surface area contributed by atoms with Gasteiger partial charge in [0.25, 0.3) is 5.91 Å². The second-order valence-corrected chi connectivity index (χ2v) is 6.74. The average molecular weight is 367 g/mol. The maximum absolute atomic E-state index is 14.0. The number of fused-ring (bicyclic) bond motifs is 1. The molecule has 3 aromatic rings. The number of benzene rings is 1. The van der Waals surface area contributed by atoms with E-state index in [1.807, 2.05) is 19.9 Å². The Hall–Kier alpha value is -3.29. The van der Waals surface area contributed by atoms with E-state index in [9.17, 15) is 14.0 Å². The van der Waals surface area contributed by atoms with Gasteiger partial charge in [-0.05, 0) is 51.0 Å². The lowest BCUT2D eigenvalue weighted by molar-refractivity contribution is -0.117. The fourth-order valence-electron chi connectivity index (χ4n) is 2.91. The molecule has 1 fully saturated rings. The van der Waals surface area contributed by atoms with E-state index in [2.05, 4.69) is 20.7 Å². The third-order valence-corrected chi connectivity index (χ3v) is 4.45. The molecule has 0 saturated heterocycles. The van der Waals surface area contributed by atoms with Crippen LogP contribution in [0, 0.1) is 25.6 Å². The minimum absolute atomic E-state index is 0.0426. The van der Waals surface area contributed by atoms with Gasteiger partial charge in [-0.3, -0.25) is 9.59 Å². The molecule has 2 amide bonds. The summed E-state index contributed by atoms with van der Waals surface area (Å²) in [7, 11) is 0. The molecule has 1 saturated carbocycles. The topological polar surface area (TPSA) is 88.4 Å². The number of rotatable bonds is 4. The first-order valence-electron chi connectivity index (χ1n) is 8.66. The van der Waals surface area contributed by atoms with Gasteiger partial charge in [0.15, 0.2) is 5.65 Å². The number of nitrogens with zero attached hydrogens (tertiary/aromatic N) is 3. The third kappa shape index (κ3) is 3.38. The number of carbonyl (C=O) groups is 2. The molecule has 138 valence electrons. The SMILES string of the molecule is Cc1cc(C)n2ncc(C(=O)Nc3ccc(F)c(NC(=O)C4CC4)c3)c2n1. The molecule has 4 rings (SSSR count). The van der Waals surface area contributed by atoms with Crippen molar-refractivity contribution in [3.8, 4) is 0 Å². The maximum atomic E-state index is 14.0. The Morgan fingerprint density at radius 1 is 1.19 bits per heavy atom. The summed E-state index contributed by atoms with van der Waals surface area (Å²) in [5.41, 5.74) is 2.83. The zero-order valence-electron chi connectivity index (χ0n) is 14.9. The summed E-state index contributed by atoms with van der Waals surface area (Å²) >= 11 is 0. The van der Waals surface area contributed by atoms with Gasteiger partial charge in [-0.25, -0.2) is 13.9 Å². The molecule has 7 nitrogen and oxygen atoms in total. The molecule has 1 aromatic carbocycles. The third-order valence-electron chi connectivity index (χ3n) is 4.45. The maximum Gasteiger partial charge on any atom is 0.261 e. The number of hydrogen-bond acceptors (Lipinski definition) is 4. The summed E-state index contributed by atoms with van der Waals surface area (Å²) in [6.45, 7) is 3.72. The molecule has 0 unspecified atom stereocenters. The van der Waals surface area contributed by atoms with Crippen molar-refractivity contribution < 1.29 is 14.0 Å². The number of halogens is 1. The van der Waals surface area contributed by atoms with E-state index in [1.165, 1.54) is 24.4 Å². The molecule has 0 aliphatic heterocycles. The average Bonchev–Trinajstić information content (AvgIpc) is 3.37. The van der Waals surface area contributed by atoms with Crippen LogP contribution in [-0.4, -0.2) is 26.4 Å². The summed E-state index contributed by atoms with van der Waals surface area (Å²) in [6.07, 6.45) is 3.10. The van der Waals surface area contributed by atoms with E-state index < -0.39 is 11.7 Å². The summed E-state index contributed by atoms with van der Waals surface area (Å²) in [5.74, 6) is -1.20. The second kappa shape index (κ2) is 6.46. The van der Waals surface area contributed by atoms with Gasteiger partial charge in [0.05, 0.1) is 11.9 Å². The van der Waals surface area contributed by atoms with Crippen LogP contribution in [0.5, 0.6) is 0 Å². The van der Waals surface area contributed by atoms with Crippen molar-refractivity contribution >= 4 is 28.8 Å². The van der Waals surface area contributed by atoms with Crippen molar-refractivity contribution in [1.82, 2.24) is 14.6 Å². The Morgan fingerprint density at radius 3 is 2.70 bits per heavy atom. The Morgan fingerprint density at radius 2 is 1.96 bits per heavy atom. The molecule has 0 spiro atoms. The van der Waals surface area contributed by atoms with Crippen LogP contribution in [-0.2, 0) is 4.79 Å². The van der Waals surface area contributed by atoms with Crippen LogP contribution in [0.4, 0.5) is 15.8 Å². The Bertz CT molecular complexity index is 1070. The summed E-state index contributed by atoms with van der Waals surface area (Å²) in [5, 5.41) is 9.48. The monoisotopic (exact) mass is 367 g/mol. The molecule has 1 aliphatic carbocycles. The van der Waals surface area contributed by atoms with E-state index in [0.717, 1.165) is 24.2 Å². The van der Waals surface area contributed by atoms with Gasteiger partial charge in [-0.2, -0.15) is 5.10 Å². The zero-order valence-corrected chi connectivity index (χ0v) is 14.9. The predicted octanol–water partition coefficient (Wildman–Crippen LogP) is 3.09. The molecule has 27 heavy (non-hydrogen) atoms. The van der Waals surface area contributed by atoms with Crippen LogP contribution >= 0.6 is 0 Å². The van der Waals surface area contributed by atoms with E-state index in [-0.39, 0.29) is 17.5 Å². The van der Waals surface area contributed by atoms with Crippen LogP contribution in [0.1, 0.15) is 34.6 Å². The van der Waals surface area contributed by atoms with E-state index in [1.54, 1.807) is 4.52 Å². The number of aromatic nitrogens is 3. The van der Waals surface area contributed by atoms with E-state index >= 15 is 0 Å². The number of nitrogens with one attached hydrogen (secondary N) is 2. The first-order valence-corrected chi connectivity index (χ1v) is 8.66. The highest BCUT2D eigenvalue weighted by Crippen LogP contribution is 2.31. The van der Waals surface area contributed by atoms with Crippen LogP contribution in [0.2, 0.25) is 0 Å². The number of amides is 2. The lowest BCUT2D eigenvalue weighted by Gasteiger charge is -2.09. The van der Waals surface area contributed by atoms with Crippen LogP contribution in [0.25, 0.3) is 5.65 Å². The minimum atomic E-state index is -0.550. The quantitative estimate of drug-likeness (QED) is 0.742. The first kappa shape index (κ1) is 17.1. The molecular weight excluding hydrogens is 349 g/mol. The fraction of sp³-hybridized carbons (Fsp3) is 0.263. The Kier molecular flexibility index (Phi) is 4.10. The van der Waals surface area contributed by atoms with E-state index in [4.69, 9.17) is 0 Å². The van der Waals surface area contributed by atoms with Crippen LogP contribution in [0.3, 0.4) is 0 Å². The minimum Gasteiger partial charge on any atom is -0.323 e. The normalized spacial score (nSPS) is 13.6. The Labute approximate surface area is 154 Å². The van der Waals surface area contributed by atoms with Crippen molar-refractivity contribution in [1.29, 1.82) is 0 Å². The molecule has 0 atom stereocenters. The molecule has 8 heteroatoms. The number of hydrogen-bond donors (Lipinski definition) is 2. The van der Waals surface area contributed by atoms with Crippen molar-refractivity contribution in [3.05, 3.63) is 53.2 Å². The molecule has 0 bridgehead atoms. The second-order valence-electron chi connectivity index (χ2n) is 6.74. The molecule has 0 radical (unpaired) electrons. The highest BCUT2D eigenvalue weighted by atomic mass is 19.1. The van der Waals surface area contributed by atoms with Crippen molar-refractivity contribution in [2.75, 3.05) is 10.6 Å². The zero-order chi connectivity index (χ0) is 19.1. The predicted molar refractivity (Wildman–Crippen MR) is 98.2 cm³/mol. The lowest BCUT2D eigenvalue weighted by atomic mass is 10.2. The number of anilines is 2. The molecule has 2 N–H and O–H groups in total. The molecule has 1 aliphatic rings. The number of aryl methyl sites for hydroxylation is 2. The van der Waals surface area contributed by atoms with Gasteiger partial charge in [0.1, 0.15) is 11.4 Å². The molecule has 2 aromatic heterocycles. The Balaban J connectivity index is 1.59. The van der Waals surface area contributed by atoms with Crippen LogP contribution in [0.15, 0.2) is 30.5 Å². The van der Waals surface area contributed by atoms with Crippen molar-refractivity contribution in [2.45, 2.75) is 26.7 Å². The highest BCUT2D eigenvalue weighted by molar-refractivity contribution is 6.08. The van der Waals surface area contributed by atoms with Crippen molar-refractivity contribution in [2.24, 2.45) is 5.92 Å². The van der Waals surface area contributed by atoms with E-state index in [0.29, 0.717) is 16.9 Å². The van der Waals surface area contributed by atoms with Gasteiger partial charge in [-0.15, -0.1) is 0 Å². The number of carbonyl (C=O) groups excluding carboxylic acids is 2. The molecule has 2 heterocycles. The summed E-state index contributed by atoms with van der Waals surface area (Å²) < 4.78 is 15.6. The van der Waals surface area contributed by atoms with Crippen LogP contribution < -0.4 is 10.6 Å². The molecular formula is C19H18FN5O2. The summed E-state index contributed by atoms with van der Waals surface area (Å²) in [6, 6.07) is 5.93. The van der Waals surface area contributed by atoms with Gasteiger partial charge in [0, 0.05) is 23.0 Å². The lowest BCUT2D eigenvalue weighted by Crippen LogP contribution is -2.16. The highest BCUT2D eigenvalue weighted by Gasteiger charge is 2.30. The largest absolute Gasteiger partial charge is 0.323 e.